The minimum Gasteiger partial charge on any atom is -0.394 e. The zero-order valence-corrected chi connectivity index (χ0v) is 19.8. The Kier molecular flexibility index (Phi) is 6.24. The van der Waals surface area contributed by atoms with Crippen molar-refractivity contribution in [3.05, 3.63) is 49.5 Å². The molecule has 1 atom stereocenters. The van der Waals surface area contributed by atoms with Crippen molar-refractivity contribution in [2.24, 2.45) is 0 Å². The van der Waals surface area contributed by atoms with E-state index in [1.54, 1.807) is 6.07 Å². The van der Waals surface area contributed by atoms with Gasteiger partial charge in [-0.15, -0.1) is 0 Å². The van der Waals surface area contributed by atoms with E-state index in [1.165, 1.54) is 16.7 Å². The maximum absolute atomic E-state index is 15.1. The van der Waals surface area contributed by atoms with Crippen molar-refractivity contribution in [3.63, 3.8) is 0 Å². The topological polar surface area (TPSA) is 121 Å². The van der Waals surface area contributed by atoms with Crippen LogP contribution in [0, 0.1) is 15.2 Å². The fourth-order valence-corrected chi connectivity index (χ4v) is 6.26. The van der Waals surface area contributed by atoms with Gasteiger partial charge < -0.3 is 20.1 Å². The first kappa shape index (κ1) is 23.4. The van der Waals surface area contributed by atoms with Gasteiger partial charge in [0.25, 0.3) is 5.56 Å². The first-order chi connectivity index (χ1) is 15.1. The molecule has 1 aromatic carbocycles. The van der Waals surface area contributed by atoms with Crippen LogP contribution in [0.5, 0.6) is 0 Å². The third kappa shape index (κ3) is 4.13. The number of benzene rings is 1. The minimum absolute atomic E-state index is 0.107. The van der Waals surface area contributed by atoms with Crippen molar-refractivity contribution in [1.29, 1.82) is 0 Å². The second-order valence-corrected chi connectivity index (χ2v) is 11.5. The van der Waals surface area contributed by atoms with E-state index in [0.717, 1.165) is 0 Å². The number of aliphatic hydroxyl groups is 2. The van der Waals surface area contributed by atoms with Crippen LogP contribution in [-0.2, 0) is 23.0 Å². The van der Waals surface area contributed by atoms with Crippen LogP contribution >= 0.6 is 22.6 Å². The second kappa shape index (κ2) is 8.54. The van der Waals surface area contributed by atoms with Crippen LogP contribution in [0.3, 0.4) is 0 Å². The summed E-state index contributed by atoms with van der Waals surface area (Å²) >= 11 is 1.92. The molecule has 0 saturated heterocycles. The molecule has 0 radical (unpaired) electrons. The van der Waals surface area contributed by atoms with E-state index in [0.29, 0.717) is 22.1 Å². The first-order valence-electron chi connectivity index (χ1n) is 10.1. The van der Waals surface area contributed by atoms with E-state index in [4.69, 9.17) is 5.11 Å². The minimum atomic E-state index is -4.13. The van der Waals surface area contributed by atoms with E-state index < -0.39 is 50.4 Å². The van der Waals surface area contributed by atoms with E-state index >= 15 is 4.39 Å². The number of aromatic nitrogens is 1. The number of pyridine rings is 1. The lowest BCUT2D eigenvalue weighted by Gasteiger charge is -2.23. The Balaban J connectivity index is 1.80. The summed E-state index contributed by atoms with van der Waals surface area (Å²) in [7, 11) is -4.13. The van der Waals surface area contributed by atoms with Gasteiger partial charge in [0.2, 0.25) is 15.8 Å². The summed E-state index contributed by atoms with van der Waals surface area (Å²) in [6.07, 6.45) is 0.0119. The van der Waals surface area contributed by atoms with Gasteiger partial charge in [-0.25, -0.2) is 12.8 Å². The Morgan fingerprint density at radius 1 is 1.25 bits per heavy atom. The van der Waals surface area contributed by atoms with Crippen LogP contribution in [-0.4, -0.2) is 40.7 Å². The van der Waals surface area contributed by atoms with Crippen LogP contribution in [0.15, 0.2) is 23.0 Å². The Hall–Kier alpha value is -1.77. The Morgan fingerprint density at radius 2 is 1.97 bits per heavy atom. The maximum atomic E-state index is 15.1. The van der Waals surface area contributed by atoms with Gasteiger partial charge >= 0.3 is 0 Å². The Morgan fingerprint density at radius 3 is 2.59 bits per heavy atom. The van der Waals surface area contributed by atoms with Crippen molar-refractivity contribution < 1.29 is 27.4 Å². The molecular formula is C20H22F2IN3O5S. The maximum Gasteiger partial charge on any atom is 0.289 e. The van der Waals surface area contributed by atoms with E-state index in [9.17, 15) is 22.7 Å². The standard InChI is InChI=1S/C20H22F2IN3O5S/c21-13-8-11(23)3-4-14(13)24-18-16(22)19(29)26-7-1-2-15(26)17(18)25-32(30,31)20(5-6-20)9-12(28)10-27/h3-4,8,12,24-25,27-28H,1-2,5-7,9-10H2. The third-order valence-electron chi connectivity index (χ3n) is 5.94. The number of aliphatic hydroxyl groups excluding tert-OH is 2. The number of rotatable bonds is 8. The average Bonchev–Trinajstić information content (AvgIpc) is 3.36. The van der Waals surface area contributed by atoms with Gasteiger partial charge in [0, 0.05) is 15.8 Å². The molecule has 1 saturated carbocycles. The summed E-state index contributed by atoms with van der Waals surface area (Å²) in [5.74, 6) is -1.90. The number of sulfonamides is 1. The zero-order chi connectivity index (χ0) is 23.3. The molecule has 32 heavy (non-hydrogen) atoms. The second-order valence-electron chi connectivity index (χ2n) is 8.15. The van der Waals surface area contributed by atoms with Crippen LogP contribution < -0.4 is 15.6 Å². The van der Waals surface area contributed by atoms with Gasteiger partial charge in [-0.3, -0.25) is 9.52 Å². The molecule has 0 spiro atoms. The number of hydrogen-bond donors (Lipinski definition) is 4. The zero-order valence-electron chi connectivity index (χ0n) is 16.9. The Labute approximate surface area is 196 Å². The molecule has 1 unspecified atom stereocenters. The van der Waals surface area contributed by atoms with Crippen molar-refractivity contribution in [2.75, 3.05) is 16.6 Å². The fourth-order valence-electron chi connectivity index (χ4n) is 4.05. The van der Waals surface area contributed by atoms with E-state index in [-0.39, 0.29) is 37.2 Å². The van der Waals surface area contributed by atoms with Crippen molar-refractivity contribution in [3.8, 4) is 0 Å². The molecular weight excluding hydrogens is 559 g/mol. The molecule has 1 aromatic heterocycles. The number of nitrogens with one attached hydrogen (secondary N) is 2. The van der Waals surface area contributed by atoms with Crippen molar-refractivity contribution in [1.82, 2.24) is 4.57 Å². The van der Waals surface area contributed by atoms with E-state index in [1.807, 2.05) is 22.6 Å². The highest BCUT2D eigenvalue weighted by molar-refractivity contribution is 14.1. The lowest BCUT2D eigenvalue weighted by Crippen LogP contribution is -2.36. The molecule has 4 N–H and O–H groups in total. The monoisotopic (exact) mass is 581 g/mol. The van der Waals surface area contributed by atoms with E-state index in [2.05, 4.69) is 10.0 Å². The summed E-state index contributed by atoms with van der Waals surface area (Å²) in [5, 5.41) is 21.5. The van der Waals surface area contributed by atoms with Crippen LogP contribution in [0.25, 0.3) is 0 Å². The molecule has 2 aromatic rings. The quantitative estimate of drug-likeness (QED) is 0.356. The summed E-state index contributed by atoms with van der Waals surface area (Å²) in [4.78, 5) is 12.5. The summed E-state index contributed by atoms with van der Waals surface area (Å²) in [6, 6.07) is 4.18. The number of fused-ring (bicyclic) bond motifs is 1. The van der Waals surface area contributed by atoms with Crippen molar-refractivity contribution >= 4 is 49.7 Å². The fraction of sp³-hybridized carbons (Fsp3) is 0.450. The molecule has 1 fully saturated rings. The third-order valence-corrected chi connectivity index (χ3v) is 8.79. The normalized spacial score (nSPS) is 17.7. The number of anilines is 3. The van der Waals surface area contributed by atoms with Crippen LogP contribution in [0.2, 0.25) is 0 Å². The van der Waals surface area contributed by atoms with Crippen LogP contribution in [0.1, 0.15) is 31.4 Å². The summed E-state index contributed by atoms with van der Waals surface area (Å²) in [6.45, 7) is -0.340. The number of halogens is 3. The number of hydrogen-bond acceptors (Lipinski definition) is 6. The predicted molar refractivity (Wildman–Crippen MR) is 124 cm³/mol. The largest absolute Gasteiger partial charge is 0.394 e. The molecule has 0 bridgehead atoms. The van der Waals surface area contributed by atoms with Gasteiger partial charge in [0.1, 0.15) is 11.5 Å². The molecule has 1 aliphatic carbocycles. The first-order valence-corrected chi connectivity index (χ1v) is 12.6. The highest BCUT2D eigenvalue weighted by Gasteiger charge is 2.55. The highest BCUT2D eigenvalue weighted by atomic mass is 127. The van der Waals surface area contributed by atoms with Gasteiger partial charge in [-0.05, 0) is 72.9 Å². The van der Waals surface area contributed by atoms with Gasteiger partial charge in [-0.1, -0.05) is 0 Å². The summed E-state index contributed by atoms with van der Waals surface area (Å²) in [5.41, 5.74) is -1.28. The molecule has 2 heterocycles. The lowest BCUT2D eigenvalue weighted by molar-refractivity contribution is 0.0858. The molecule has 0 amide bonds. The van der Waals surface area contributed by atoms with Gasteiger partial charge in [0.15, 0.2) is 0 Å². The van der Waals surface area contributed by atoms with Crippen LogP contribution in [0.4, 0.5) is 25.8 Å². The predicted octanol–water partition coefficient (Wildman–Crippen LogP) is 2.44. The number of nitrogens with zero attached hydrogens (tertiary/aromatic N) is 1. The smallest absolute Gasteiger partial charge is 0.289 e. The molecule has 4 rings (SSSR count). The molecule has 2 aliphatic rings. The lowest BCUT2D eigenvalue weighted by atomic mass is 10.2. The highest BCUT2D eigenvalue weighted by Crippen LogP contribution is 2.49. The SMILES string of the molecule is O=c1c(F)c(Nc2ccc(I)cc2F)c(NS(=O)(=O)C2(CC(O)CO)CC2)c2n1CCC2. The molecule has 174 valence electrons. The average molecular weight is 581 g/mol. The van der Waals surface area contributed by atoms with Gasteiger partial charge in [0.05, 0.1) is 28.8 Å². The van der Waals surface area contributed by atoms with Crippen molar-refractivity contribution in [2.45, 2.75) is 49.5 Å². The summed E-state index contributed by atoms with van der Waals surface area (Å²) < 4.78 is 59.0. The Bertz CT molecular complexity index is 1230. The molecule has 1 aliphatic heterocycles. The van der Waals surface area contributed by atoms with Gasteiger partial charge in [-0.2, -0.15) is 4.39 Å². The molecule has 8 nitrogen and oxygen atoms in total. The molecule has 12 heteroatoms.